The molecule has 0 spiro atoms. The van der Waals surface area contributed by atoms with E-state index in [4.69, 9.17) is 0 Å². The van der Waals surface area contributed by atoms with Gasteiger partial charge in [-0.25, -0.2) is 0 Å². The zero-order chi connectivity index (χ0) is 15.0. The highest BCUT2D eigenvalue weighted by atomic mass is 16.5. The molecule has 1 N–H and O–H groups in total. The van der Waals surface area contributed by atoms with E-state index in [0.29, 0.717) is 32.5 Å². The third kappa shape index (κ3) is 6.33. The summed E-state index contributed by atoms with van der Waals surface area (Å²) in [6.07, 6.45) is 4.61. The summed E-state index contributed by atoms with van der Waals surface area (Å²) in [6.45, 7) is 1.46. The quantitative estimate of drug-likeness (QED) is 0.533. The smallest absolute Gasteiger partial charge is 0.305 e. The molecule has 0 atom stereocenters. The first-order chi connectivity index (χ1) is 9.51. The number of amides is 1. The number of methoxy groups -OCH3 is 1. The molecule has 0 radical (unpaired) electrons. The second-order valence-electron chi connectivity index (χ2n) is 4.72. The molecule has 0 saturated heterocycles. The van der Waals surface area contributed by atoms with Crippen molar-refractivity contribution in [2.75, 3.05) is 27.2 Å². The standard InChI is InChI=1S/C13H22N4O3/c1-16(8-11-7-15-17(2)9-11)10-12(18)14-6-4-5-13(19)20-3/h7,9H,4-6,8,10H2,1-3H3,(H,14,18). The van der Waals surface area contributed by atoms with Crippen LogP contribution in [0.1, 0.15) is 18.4 Å². The zero-order valence-corrected chi connectivity index (χ0v) is 12.3. The summed E-state index contributed by atoms with van der Waals surface area (Å²) in [6, 6.07) is 0. The Kier molecular flexibility index (Phi) is 6.72. The highest BCUT2D eigenvalue weighted by Crippen LogP contribution is 2.00. The van der Waals surface area contributed by atoms with Gasteiger partial charge in [0.05, 0.1) is 19.9 Å². The Bertz CT molecular complexity index is 445. The van der Waals surface area contributed by atoms with E-state index in [1.807, 2.05) is 25.2 Å². The lowest BCUT2D eigenvalue weighted by molar-refractivity contribution is -0.140. The number of aromatic nitrogens is 2. The normalized spacial score (nSPS) is 10.6. The maximum absolute atomic E-state index is 11.7. The van der Waals surface area contributed by atoms with Crippen LogP contribution in [0.3, 0.4) is 0 Å². The molecule has 0 saturated carbocycles. The third-order valence-electron chi connectivity index (χ3n) is 2.73. The summed E-state index contributed by atoms with van der Waals surface area (Å²) in [4.78, 5) is 24.5. The lowest BCUT2D eigenvalue weighted by Crippen LogP contribution is -2.35. The molecule has 1 rings (SSSR count). The minimum absolute atomic E-state index is 0.0544. The summed E-state index contributed by atoms with van der Waals surface area (Å²) in [5.41, 5.74) is 1.06. The SMILES string of the molecule is COC(=O)CCCNC(=O)CN(C)Cc1cnn(C)c1. The number of rotatable bonds is 8. The van der Waals surface area contributed by atoms with Crippen molar-refractivity contribution in [2.45, 2.75) is 19.4 Å². The van der Waals surface area contributed by atoms with Gasteiger partial charge in [-0.05, 0) is 13.5 Å². The molecule has 0 aliphatic heterocycles. The average Bonchev–Trinajstić information content (AvgIpc) is 2.79. The largest absolute Gasteiger partial charge is 0.469 e. The molecule has 0 aromatic carbocycles. The third-order valence-corrected chi connectivity index (χ3v) is 2.73. The van der Waals surface area contributed by atoms with E-state index in [9.17, 15) is 9.59 Å². The molecular weight excluding hydrogens is 260 g/mol. The molecule has 20 heavy (non-hydrogen) atoms. The molecule has 0 aliphatic rings. The van der Waals surface area contributed by atoms with Gasteiger partial charge in [-0.1, -0.05) is 0 Å². The van der Waals surface area contributed by atoms with E-state index in [-0.39, 0.29) is 11.9 Å². The molecule has 0 unspecified atom stereocenters. The van der Waals surface area contributed by atoms with E-state index in [2.05, 4.69) is 15.2 Å². The molecule has 0 fully saturated rings. The van der Waals surface area contributed by atoms with Gasteiger partial charge in [-0.15, -0.1) is 0 Å². The number of hydrogen-bond acceptors (Lipinski definition) is 5. The van der Waals surface area contributed by atoms with Gasteiger partial charge in [0.1, 0.15) is 0 Å². The molecule has 1 aromatic rings. The van der Waals surface area contributed by atoms with Crippen LogP contribution in [0.15, 0.2) is 12.4 Å². The predicted octanol–water partition coefficient (Wildman–Crippen LogP) is -0.0787. The summed E-state index contributed by atoms with van der Waals surface area (Å²) in [7, 11) is 5.09. The molecule has 1 heterocycles. The van der Waals surface area contributed by atoms with Gasteiger partial charge < -0.3 is 10.1 Å². The molecule has 7 heteroatoms. The first kappa shape index (κ1) is 16.2. The lowest BCUT2D eigenvalue weighted by Gasteiger charge is -2.15. The van der Waals surface area contributed by atoms with Gasteiger partial charge in [0.15, 0.2) is 0 Å². The summed E-state index contributed by atoms with van der Waals surface area (Å²) in [5.74, 6) is -0.311. The van der Waals surface area contributed by atoms with Gasteiger partial charge in [0.25, 0.3) is 0 Å². The van der Waals surface area contributed by atoms with Crippen molar-refractivity contribution < 1.29 is 14.3 Å². The van der Waals surface area contributed by atoms with Crippen LogP contribution in [0.25, 0.3) is 0 Å². The molecular formula is C13H22N4O3. The van der Waals surface area contributed by atoms with Crippen LogP contribution in [-0.4, -0.2) is 53.8 Å². The number of nitrogens with zero attached hydrogens (tertiary/aromatic N) is 3. The van der Waals surface area contributed by atoms with E-state index in [1.54, 1.807) is 10.9 Å². The van der Waals surface area contributed by atoms with Crippen LogP contribution in [0, 0.1) is 0 Å². The summed E-state index contributed by atoms with van der Waals surface area (Å²) < 4.78 is 6.25. The minimum atomic E-state index is -0.257. The fraction of sp³-hybridized carbons (Fsp3) is 0.615. The van der Waals surface area contributed by atoms with E-state index in [0.717, 1.165) is 5.56 Å². The maximum Gasteiger partial charge on any atom is 0.305 e. The van der Waals surface area contributed by atoms with Crippen LogP contribution in [0.5, 0.6) is 0 Å². The Balaban J connectivity index is 2.16. The highest BCUT2D eigenvalue weighted by molar-refractivity contribution is 5.78. The first-order valence-electron chi connectivity index (χ1n) is 6.51. The van der Waals surface area contributed by atoms with Crippen molar-refractivity contribution in [3.63, 3.8) is 0 Å². The van der Waals surface area contributed by atoms with Crippen molar-refractivity contribution in [2.24, 2.45) is 7.05 Å². The second-order valence-corrected chi connectivity index (χ2v) is 4.72. The fourth-order valence-corrected chi connectivity index (χ4v) is 1.78. The number of carbonyl (C=O) groups is 2. The molecule has 0 aliphatic carbocycles. The first-order valence-corrected chi connectivity index (χ1v) is 6.51. The topological polar surface area (TPSA) is 76.5 Å². The number of likely N-dealkylation sites (N-methyl/N-ethyl adjacent to an activating group) is 1. The number of aryl methyl sites for hydroxylation is 1. The molecule has 7 nitrogen and oxygen atoms in total. The molecule has 112 valence electrons. The Hall–Kier alpha value is -1.89. The van der Waals surface area contributed by atoms with Gasteiger partial charge >= 0.3 is 5.97 Å². The number of ether oxygens (including phenoxy) is 1. The van der Waals surface area contributed by atoms with Crippen molar-refractivity contribution in [3.8, 4) is 0 Å². The number of nitrogens with one attached hydrogen (secondary N) is 1. The fourth-order valence-electron chi connectivity index (χ4n) is 1.78. The maximum atomic E-state index is 11.7. The number of hydrogen-bond donors (Lipinski definition) is 1. The Morgan fingerprint density at radius 1 is 1.50 bits per heavy atom. The Labute approximate surface area is 118 Å². The molecule has 0 bridgehead atoms. The molecule has 1 amide bonds. The van der Waals surface area contributed by atoms with Gasteiger partial charge in [-0.2, -0.15) is 5.10 Å². The van der Waals surface area contributed by atoms with Gasteiger partial charge in [-0.3, -0.25) is 19.2 Å². The second kappa shape index (κ2) is 8.31. The van der Waals surface area contributed by atoms with Crippen LogP contribution in [0.4, 0.5) is 0 Å². The van der Waals surface area contributed by atoms with Crippen molar-refractivity contribution in [3.05, 3.63) is 18.0 Å². The number of carbonyl (C=O) groups excluding carboxylic acids is 2. The van der Waals surface area contributed by atoms with E-state index in [1.165, 1.54) is 7.11 Å². The van der Waals surface area contributed by atoms with Gasteiger partial charge in [0.2, 0.25) is 5.91 Å². The van der Waals surface area contributed by atoms with Crippen LogP contribution in [-0.2, 0) is 27.9 Å². The van der Waals surface area contributed by atoms with Crippen molar-refractivity contribution in [1.29, 1.82) is 0 Å². The Morgan fingerprint density at radius 3 is 2.85 bits per heavy atom. The minimum Gasteiger partial charge on any atom is -0.469 e. The average molecular weight is 282 g/mol. The van der Waals surface area contributed by atoms with Crippen LogP contribution >= 0.6 is 0 Å². The summed E-state index contributed by atoms with van der Waals surface area (Å²) >= 11 is 0. The predicted molar refractivity (Wildman–Crippen MR) is 73.8 cm³/mol. The monoisotopic (exact) mass is 282 g/mol. The van der Waals surface area contributed by atoms with E-state index >= 15 is 0 Å². The van der Waals surface area contributed by atoms with Crippen LogP contribution in [0.2, 0.25) is 0 Å². The van der Waals surface area contributed by atoms with Crippen LogP contribution < -0.4 is 5.32 Å². The van der Waals surface area contributed by atoms with E-state index < -0.39 is 0 Å². The lowest BCUT2D eigenvalue weighted by atomic mass is 10.3. The zero-order valence-electron chi connectivity index (χ0n) is 12.3. The Morgan fingerprint density at radius 2 is 2.25 bits per heavy atom. The van der Waals surface area contributed by atoms with Crippen molar-refractivity contribution in [1.82, 2.24) is 20.0 Å². The summed E-state index contributed by atoms with van der Waals surface area (Å²) in [5, 5.41) is 6.85. The number of esters is 1. The van der Waals surface area contributed by atoms with Crippen molar-refractivity contribution >= 4 is 11.9 Å². The van der Waals surface area contributed by atoms with Gasteiger partial charge in [0, 0.05) is 38.3 Å². The highest BCUT2D eigenvalue weighted by Gasteiger charge is 2.08. The molecule has 1 aromatic heterocycles.